The van der Waals surface area contributed by atoms with Gasteiger partial charge in [-0.3, -0.25) is 9.20 Å². The van der Waals surface area contributed by atoms with Gasteiger partial charge in [-0.1, -0.05) is 18.7 Å². The number of nitrogens with zero attached hydrogens (tertiary/aromatic N) is 4. The van der Waals surface area contributed by atoms with Crippen LogP contribution in [-0.4, -0.2) is 38.3 Å². The summed E-state index contributed by atoms with van der Waals surface area (Å²) in [4.78, 5) is 18.5. The Balaban J connectivity index is 1.80. The van der Waals surface area contributed by atoms with Gasteiger partial charge >= 0.3 is 0 Å². The maximum absolute atomic E-state index is 11.4. The van der Waals surface area contributed by atoms with E-state index in [1.165, 1.54) is 28.6 Å². The van der Waals surface area contributed by atoms with Gasteiger partial charge in [0, 0.05) is 11.9 Å². The molecule has 1 amide bonds. The summed E-state index contributed by atoms with van der Waals surface area (Å²) in [5.41, 5.74) is 2.26. The molecule has 0 saturated heterocycles. The molecule has 0 saturated carbocycles. The molecule has 8 heteroatoms. The van der Waals surface area contributed by atoms with Crippen LogP contribution in [0.2, 0.25) is 0 Å². The van der Waals surface area contributed by atoms with Crippen molar-refractivity contribution in [3.8, 4) is 0 Å². The monoisotopic (exact) mass is 347 g/mol. The molecular formula is C15H17N5OS2. The molecule has 0 aromatic carbocycles. The first-order valence-electron chi connectivity index (χ1n) is 7.64. The van der Waals surface area contributed by atoms with E-state index in [2.05, 4.69) is 27.4 Å². The van der Waals surface area contributed by atoms with Crippen molar-refractivity contribution in [2.45, 2.75) is 31.3 Å². The van der Waals surface area contributed by atoms with Crippen molar-refractivity contribution in [1.82, 2.24) is 24.9 Å². The third-order valence-electron chi connectivity index (χ3n) is 4.28. The third-order valence-corrected chi connectivity index (χ3v) is 6.39. The molecule has 0 radical (unpaired) electrons. The van der Waals surface area contributed by atoms with Crippen molar-refractivity contribution in [3.05, 3.63) is 16.8 Å². The highest BCUT2D eigenvalue weighted by Crippen LogP contribution is 2.38. The number of carbonyl (C=O) groups is 1. The van der Waals surface area contributed by atoms with Gasteiger partial charge < -0.3 is 5.32 Å². The van der Waals surface area contributed by atoms with Gasteiger partial charge in [-0.05, 0) is 30.7 Å². The predicted octanol–water partition coefficient (Wildman–Crippen LogP) is 2.30. The standard InChI is InChI=1S/C15H17N5OS2/c1-8-3-4-9-10(5-8)23-14-12(9)13-18-19-15(20(13)7-17-14)22-6-11(21)16-2/h7-8H,3-6H2,1-2H3,(H,16,21)/t8-/m0/s1. The highest BCUT2D eigenvalue weighted by atomic mass is 32.2. The number of thioether (sulfide) groups is 1. The lowest BCUT2D eigenvalue weighted by Crippen LogP contribution is -2.19. The Morgan fingerprint density at radius 2 is 2.39 bits per heavy atom. The van der Waals surface area contributed by atoms with Crippen LogP contribution in [0.25, 0.3) is 15.9 Å². The summed E-state index contributed by atoms with van der Waals surface area (Å²) in [5.74, 6) is 1.04. The summed E-state index contributed by atoms with van der Waals surface area (Å²) in [7, 11) is 1.63. The molecule has 3 aromatic rings. The van der Waals surface area contributed by atoms with Gasteiger partial charge in [0.1, 0.15) is 11.2 Å². The Kier molecular flexibility index (Phi) is 3.73. The molecule has 6 nitrogen and oxygen atoms in total. The average Bonchev–Trinajstić information content (AvgIpc) is 3.12. The van der Waals surface area contributed by atoms with Crippen molar-refractivity contribution in [3.63, 3.8) is 0 Å². The minimum Gasteiger partial charge on any atom is -0.358 e. The number of hydrogen-bond donors (Lipinski definition) is 1. The molecule has 4 rings (SSSR count). The van der Waals surface area contributed by atoms with Crippen LogP contribution in [0.3, 0.4) is 0 Å². The number of aromatic nitrogens is 4. The van der Waals surface area contributed by atoms with E-state index in [-0.39, 0.29) is 5.91 Å². The van der Waals surface area contributed by atoms with Crippen LogP contribution in [0.15, 0.2) is 11.5 Å². The maximum atomic E-state index is 11.4. The lowest BCUT2D eigenvalue weighted by atomic mass is 9.89. The highest BCUT2D eigenvalue weighted by Gasteiger charge is 2.23. The fourth-order valence-corrected chi connectivity index (χ4v) is 5.14. The molecule has 23 heavy (non-hydrogen) atoms. The topological polar surface area (TPSA) is 72.2 Å². The highest BCUT2D eigenvalue weighted by molar-refractivity contribution is 7.99. The van der Waals surface area contributed by atoms with Crippen LogP contribution in [-0.2, 0) is 17.6 Å². The quantitative estimate of drug-likeness (QED) is 0.736. The van der Waals surface area contributed by atoms with Crippen molar-refractivity contribution in [2.24, 2.45) is 5.92 Å². The molecule has 0 bridgehead atoms. The summed E-state index contributed by atoms with van der Waals surface area (Å²) in [6.07, 6.45) is 5.21. The maximum Gasteiger partial charge on any atom is 0.230 e. The molecule has 0 aliphatic heterocycles. The second kappa shape index (κ2) is 5.76. The van der Waals surface area contributed by atoms with Gasteiger partial charge in [0.25, 0.3) is 0 Å². The number of rotatable bonds is 3. The number of nitrogens with one attached hydrogen (secondary N) is 1. The Morgan fingerprint density at radius 3 is 3.22 bits per heavy atom. The lowest BCUT2D eigenvalue weighted by molar-refractivity contribution is -0.118. The van der Waals surface area contributed by atoms with E-state index in [1.807, 2.05) is 4.40 Å². The molecule has 1 atom stereocenters. The SMILES string of the molecule is CNC(=O)CSc1nnc2c3c4c(sc3ncn12)C[C@@H](C)CC4. The number of amides is 1. The molecule has 120 valence electrons. The van der Waals surface area contributed by atoms with E-state index in [0.717, 1.165) is 34.6 Å². The molecule has 3 heterocycles. The van der Waals surface area contributed by atoms with Crippen molar-refractivity contribution < 1.29 is 4.79 Å². The van der Waals surface area contributed by atoms with Gasteiger partial charge in [0.05, 0.1) is 11.1 Å². The first-order valence-corrected chi connectivity index (χ1v) is 9.45. The van der Waals surface area contributed by atoms with Crippen LogP contribution in [0, 0.1) is 5.92 Å². The van der Waals surface area contributed by atoms with E-state index in [9.17, 15) is 4.79 Å². The van der Waals surface area contributed by atoms with E-state index in [4.69, 9.17) is 0 Å². The van der Waals surface area contributed by atoms with Gasteiger partial charge in [-0.2, -0.15) is 0 Å². The third kappa shape index (κ3) is 2.49. The minimum atomic E-state index is -0.0253. The van der Waals surface area contributed by atoms with Gasteiger partial charge in [0.2, 0.25) is 5.91 Å². The Morgan fingerprint density at radius 1 is 1.52 bits per heavy atom. The fourth-order valence-electron chi connectivity index (χ4n) is 3.02. The molecule has 1 aliphatic carbocycles. The molecular weight excluding hydrogens is 330 g/mol. The lowest BCUT2D eigenvalue weighted by Gasteiger charge is -2.17. The zero-order chi connectivity index (χ0) is 16.0. The van der Waals surface area contributed by atoms with E-state index >= 15 is 0 Å². The molecule has 0 unspecified atom stereocenters. The van der Waals surface area contributed by atoms with Crippen LogP contribution < -0.4 is 5.32 Å². The summed E-state index contributed by atoms with van der Waals surface area (Å²) in [6.45, 7) is 2.31. The number of carbonyl (C=O) groups excluding carboxylic acids is 1. The molecule has 3 aromatic heterocycles. The molecule has 1 N–H and O–H groups in total. The van der Waals surface area contributed by atoms with Gasteiger partial charge in [-0.25, -0.2) is 4.98 Å². The molecule has 0 spiro atoms. The predicted molar refractivity (Wildman–Crippen MR) is 92.1 cm³/mol. The van der Waals surface area contributed by atoms with Crippen LogP contribution in [0.5, 0.6) is 0 Å². The average molecular weight is 347 g/mol. The fraction of sp³-hybridized carbons (Fsp3) is 0.467. The summed E-state index contributed by atoms with van der Waals surface area (Å²) < 4.78 is 1.90. The van der Waals surface area contributed by atoms with Crippen molar-refractivity contribution >= 4 is 44.9 Å². The first kappa shape index (κ1) is 14.9. The zero-order valence-electron chi connectivity index (χ0n) is 13.0. The summed E-state index contributed by atoms with van der Waals surface area (Å²) in [6, 6.07) is 0. The minimum absolute atomic E-state index is 0.0253. The summed E-state index contributed by atoms with van der Waals surface area (Å²) in [5, 5.41) is 13.1. The number of hydrogen-bond acceptors (Lipinski definition) is 6. The van der Waals surface area contributed by atoms with E-state index < -0.39 is 0 Å². The molecule has 0 fully saturated rings. The zero-order valence-corrected chi connectivity index (χ0v) is 14.6. The second-order valence-corrected chi connectivity index (χ2v) is 7.94. The number of aryl methyl sites for hydroxylation is 1. The Hall–Kier alpha value is -1.67. The largest absolute Gasteiger partial charge is 0.358 e. The molecule has 1 aliphatic rings. The smallest absolute Gasteiger partial charge is 0.230 e. The van der Waals surface area contributed by atoms with Gasteiger partial charge in [-0.15, -0.1) is 21.5 Å². The van der Waals surface area contributed by atoms with E-state index in [0.29, 0.717) is 10.9 Å². The van der Waals surface area contributed by atoms with Crippen LogP contribution >= 0.6 is 23.1 Å². The number of thiophene rings is 1. The second-order valence-electron chi connectivity index (χ2n) is 5.91. The number of fused-ring (bicyclic) bond motifs is 5. The Bertz CT molecular complexity index is 900. The van der Waals surface area contributed by atoms with Crippen LogP contribution in [0.4, 0.5) is 0 Å². The Labute approximate surface area is 141 Å². The summed E-state index contributed by atoms with van der Waals surface area (Å²) >= 11 is 3.17. The van der Waals surface area contributed by atoms with Crippen molar-refractivity contribution in [2.75, 3.05) is 12.8 Å². The van der Waals surface area contributed by atoms with Gasteiger partial charge in [0.15, 0.2) is 10.8 Å². The van der Waals surface area contributed by atoms with Crippen molar-refractivity contribution in [1.29, 1.82) is 0 Å². The van der Waals surface area contributed by atoms with Crippen LogP contribution in [0.1, 0.15) is 23.8 Å². The van der Waals surface area contributed by atoms with E-state index in [1.54, 1.807) is 24.7 Å². The first-order chi connectivity index (χ1) is 11.2. The normalized spacial score (nSPS) is 17.6.